The Morgan fingerprint density at radius 1 is 0.815 bits per heavy atom. The monoisotopic (exact) mass is 411 g/mol. The molecular weight excluding hydrogens is 374 g/mol. The maximum absolute atomic E-state index is 11.6. The minimum atomic E-state index is -2.65. The van der Waals surface area contributed by atoms with Crippen molar-refractivity contribution in [1.29, 1.82) is 0 Å². The van der Waals surface area contributed by atoms with E-state index in [0.717, 1.165) is 0 Å². The average Bonchev–Trinajstić information content (AvgIpc) is 2.64. The van der Waals surface area contributed by atoms with E-state index >= 15 is 0 Å². The van der Waals surface area contributed by atoms with Gasteiger partial charge in [-0.25, -0.2) is 4.79 Å². The lowest BCUT2D eigenvalue weighted by atomic mass is 10.5. The van der Waals surface area contributed by atoms with Crippen LogP contribution in [0.4, 0.5) is 4.79 Å². The van der Waals surface area contributed by atoms with E-state index in [-0.39, 0.29) is 6.61 Å². The van der Waals surface area contributed by atoms with Crippen LogP contribution in [0.2, 0.25) is 6.04 Å². The molecule has 1 N–H and O–H groups in total. The second-order valence-corrected chi connectivity index (χ2v) is 8.10. The van der Waals surface area contributed by atoms with E-state index in [1.807, 2.05) is 20.8 Å². The molecular formula is C17H37NO8Si. The van der Waals surface area contributed by atoms with Crippen molar-refractivity contribution in [1.82, 2.24) is 5.32 Å². The van der Waals surface area contributed by atoms with Crippen molar-refractivity contribution < 1.29 is 37.0 Å². The fourth-order valence-corrected chi connectivity index (χ4v) is 4.82. The molecule has 0 rings (SSSR count). The minimum Gasteiger partial charge on any atom is -0.447 e. The fourth-order valence-electron chi connectivity index (χ4n) is 2.21. The van der Waals surface area contributed by atoms with Gasteiger partial charge in [0.25, 0.3) is 0 Å². The van der Waals surface area contributed by atoms with E-state index in [1.54, 1.807) is 7.11 Å². The number of hydrogen-bond donors (Lipinski definition) is 1. The molecule has 0 spiro atoms. The first-order valence-corrected chi connectivity index (χ1v) is 11.5. The van der Waals surface area contributed by atoms with Crippen molar-refractivity contribution >= 4 is 14.9 Å². The number of ether oxygens (including phenoxy) is 4. The Hall–Kier alpha value is -0.753. The predicted octanol–water partition coefficient (Wildman–Crippen LogP) is 1.83. The van der Waals surface area contributed by atoms with Crippen molar-refractivity contribution in [2.24, 2.45) is 0 Å². The maximum Gasteiger partial charge on any atom is 0.500 e. The molecule has 0 unspecified atom stereocenters. The van der Waals surface area contributed by atoms with Crippen LogP contribution in [0.25, 0.3) is 0 Å². The lowest BCUT2D eigenvalue weighted by Gasteiger charge is -2.28. The van der Waals surface area contributed by atoms with Gasteiger partial charge in [0.1, 0.15) is 6.61 Å². The van der Waals surface area contributed by atoms with Crippen LogP contribution in [0, 0.1) is 0 Å². The molecule has 0 saturated heterocycles. The summed E-state index contributed by atoms with van der Waals surface area (Å²) < 4.78 is 37.8. The van der Waals surface area contributed by atoms with E-state index in [2.05, 4.69) is 5.32 Å². The third kappa shape index (κ3) is 14.9. The molecule has 0 radical (unpaired) electrons. The summed E-state index contributed by atoms with van der Waals surface area (Å²) >= 11 is 0. The van der Waals surface area contributed by atoms with Crippen molar-refractivity contribution in [3.63, 3.8) is 0 Å². The standard InChI is InChI=1S/C17H37NO8Si/c1-5-24-27(25-6-2,26-7-3)16-8-9-18-17(19)23-15-14-22-13-12-21-11-10-20-4/h5-16H2,1-4H3,(H,18,19). The van der Waals surface area contributed by atoms with Crippen LogP contribution in [0.15, 0.2) is 0 Å². The molecule has 9 nitrogen and oxygen atoms in total. The zero-order chi connectivity index (χ0) is 20.2. The summed E-state index contributed by atoms with van der Waals surface area (Å²) in [6.45, 7) is 10.4. The van der Waals surface area contributed by atoms with E-state index in [0.29, 0.717) is 71.9 Å². The van der Waals surface area contributed by atoms with Gasteiger partial charge in [-0.3, -0.25) is 0 Å². The molecule has 0 aliphatic heterocycles. The van der Waals surface area contributed by atoms with Crippen LogP contribution < -0.4 is 5.32 Å². The topological polar surface area (TPSA) is 93.7 Å². The van der Waals surface area contributed by atoms with Gasteiger partial charge in [0.15, 0.2) is 0 Å². The third-order valence-corrected chi connectivity index (χ3v) is 6.44. The Bertz CT molecular complexity index is 332. The number of hydrogen-bond acceptors (Lipinski definition) is 8. The lowest BCUT2D eigenvalue weighted by Crippen LogP contribution is -2.46. The summed E-state index contributed by atoms with van der Waals surface area (Å²) in [6, 6.07) is 0.648. The van der Waals surface area contributed by atoms with Crippen molar-refractivity contribution in [2.75, 3.05) is 73.1 Å². The molecule has 0 aromatic rings. The number of alkyl carbamates (subject to hydrolysis) is 1. The van der Waals surface area contributed by atoms with Crippen molar-refractivity contribution in [3.8, 4) is 0 Å². The number of nitrogens with one attached hydrogen (secondary N) is 1. The molecule has 0 bridgehead atoms. The van der Waals surface area contributed by atoms with E-state index in [4.69, 9.17) is 32.2 Å². The van der Waals surface area contributed by atoms with Crippen LogP contribution in [0.3, 0.4) is 0 Å². The average molecular weight is 412 g/mol. The summed E-state index contributed by atoms with van der Waals surface area (Å²) in [4.78, 5) is 11.6. The van der Waals surface area contributed by atoms with Gasteiger partial charge in [-0.15, -0.1) is 0 Å². The lowest BCUT2D eigenvalue weighted by molar-refractivity contribution is 0.0131. The Morgan fingerprint density at radius 3 is 1.85 bits per heavy atom. The molecule has 0 heterocycles. The van der Waals surface area contributed by atoms with Gasteiger partial charge >= 0.3 is 14.9 Å². The Morgan fingerprint density at radius 2 is 1.33 bits per heavy atom. The molecule has 0 atom stereocenters. The normalized spacial score (nSPS) is 11.6. The largest absolute Gasteiger partial charge is 0.500 e. The molecule has 162 valence electrons. The number of carbonyl (C=O) groups excluding carboxylic acids is 1. The molecule has 0 aromatic carbocycles. The van der Waals surface area contributed by atoms with Crippen LogP contribution in [-0.2, 0) is 32.2 Å². The maximum atomic E-state index is 11.6. The number of rotatable bonds is 19. The van der Waals surface area contributed by atoms with Gasteiger partial charge in [0.05, 0.1) is 33.0 Å². The van der Waals surface area contributed by atoms with E-state index in [1.165, 1.54) is 0 Å². The molecule has 27 heavy (non-hydrogen) atoms. The van der Waals surface area contributed by atoms with Gasteiger partial charge in [-0.2, -0.15) is 0 Å². The highest BCUT2D eigenvalue weighted by Gasteiger charge is 2.39. The van der Waals surface area contributed by atoms with Gasteiger partial charge in [0.2, 0.25) is 0 Å². The third-order valence-electron chi connectivity index (χ3n) is 3.29. The molecule has 1 amide bonds. The first kappa shape index (κ1) is 26.2. The van der Waals surface area contributed by atoms with Crippen LogP contribution >= 0.6 is 0 Å². The first-order valence-electron chi connectivity index (χ1n) is 9.61. The zero-order valence-electron chi connectivity index (χ0n) is 17.3. The highest BCUT2D eigenvalue weighted by atomic mass is 28.4. The number of methoxy groups -OCH3 is 1. The summed E-state index contributed by atoms with van der Waals surface area (Å²) in [5, 5.41) is 2.71. The second kappa shape index (κ2) is 18.6. The first-order chi connectivity index (χ1) is 13.1. The highest BCUT2D eigenvalue weighted by molar-refractivity contribution is 6.60. The molecule has 0 aliphatic carbocycles. The van der Waals surface area contributed by atoms with Crippen molar-refractivity contribution in [2.45, 2.75) is 33.2 Å². The second-order valence-electron chi connectivity index (χ2n) is 5.37. The van der Waals surface area contributed by atoms with E-state index < -0.39 is 14.9 Å². The van der Waals surface area contributed by atoms with Crippen LogP contribution in [0.1, 0.15) is 27.2 Å². The van der Waals surface area contributed by atoms with Gasteiger partial charge in [-0.05, 0) is 27.2 Å². The van der Waals surface area contributed by atoms with E-state index in [9.17, 15) is 4.79 Å². The fraction of sp³-hybridized carbons (Fsp3) is 0.941. The number of carbonyl (C=O) groups is 1. The van der Waals surface area contributed by atoms with Crippen LogP contribution in [0.5, 0.6) is 0 Å². The summed E-state index contributed by atoms with van der Waals surface area (Å²) in [5.41, 5.74) is 0. The quantitative estimate of drug-likeness (QED) is 0.254. The number of amides is 1. The molecule has 0 aromatic heterocycles. The van der Waals surface area contributed by atoms with Gasteiger partial charge < -0.3 is 37.5 Å². The minimum absolute atomic E-state index is 0.194. The van der Waals surface area contributed by atoms with Crippen molar-refractivity contribution in [3.05, 3.63) is 0 Å². The summed E-state index contributed by atoms with van der Waals surface area (Å²) in [6.07, 6.45) is 0.225. The van der Waals surface area contributed by atoms with Crippen LogP contribution in [-0.4, -0.2) is 88.0 Å². The molecule has 10 heteroatoms. The van der Waals surface area contributed by atoms with Gasteiger partial charge in [0, 0.05) is 39.5 Å². The zero-order valence-corrected chi connectivity index (χ0v) is 18.3. The summed E-state index contributed by atoms with van der Waals surface area (Å²) in [7, 11) is -1.03. The SMILES string of the molecule is CCO[Si](CCCNC(=O)OCCOCCOCCOC)(OCC)OCC. The molecule has 0 saturated carbocycles. The Balaban J connectivity index is 3.74. The Kier molecular flexibility index (Phi) is 18.1. The van der Waals surface area contributed by atoms with Gasteiger partial charge in [-0.1, -0.05) is 0 Å². The molecule has 0 aliphatic rings. The summed E-state index contributed by atoms with van der Waals surface area (Å²) in [5.74, 6) is 0. The highest BCUT2D eigenvalue weighted by Crippen LogP contribution is 2.17. The smallest absolute Gasteiger partial charge is 0.447 e. The predicted molar refractivity (Wildman–Crippen MR) is 103 cm³/mol. The molecule has 0 fully saturated rings. The Labute approximate surface area is 164 Å².